The van der Waals surface area contributed by atoms with Crippen LogP contribution in [0.4, 0.5) is 5.73 Å². The molecule has 0 aliphatic heterocycles. The molecule has 9 heavy (non-hydrogen) atoms. The van der Waals surface area contributed by atoms with Crippen LogP contribution in [0.25, 0.3) is 0 Å². The predicted octanol–water partition coefficient (Wildman–Crippen LogP) is 1.32. The average molecular weight is 234 g/mol. The van der Waals surface area contributed by atoms with Crippen LogP contribution < -0.4 is 3.58 Å². The predicted molar refractivity (Wildman–Crippen MR) is 34.0 cm³/mol. The van der Waals surface area contributed by atoms with Crippen LogP contribution in [0.1, 0.15) is 0 Å². The van der Waals surface area contributed by atoms with Crippen LogP contribution in [0.5, 0.6) is 0 Å². The van der Waals surface area contributed by atoms with Gasteiger partial charge in [0.1, 0.15) is 0 Å². The van der Waals surface area contributed by atoms with E-state index in [-0.39, 0.29) is 3.58 Å². The molecule has 0 aliphatic rings. The minimum absolute atomic E-state index is 0.278. The van der Waals surface area contributed by atoms with E-state index in [1.165, 1.54) is 12.1 Å². The van der Waals surface area contributed by atoms with Crippen LogP contribution >= 0.6 is 0 Å². The van der Waals surface area contributed by atoms with Crippen molar-refractivity contribution >= 4 is 24.5 Å². The molecule has 0 bridgehead atoms. The molecule has 46 valence electrons. The van der Waals surface area contributed by atoms with Crippen LogP contribution in [-0.2, 0) is 0 Å². The Kier molecular flexibility index (Phi) is 2.45. The van der Waals surface area contributed by atoms with Gasteiger partial charge in [-0.1, -0.05) is 0 Å². The molecule has 0 N–H and O–H groups in total. The fourth-order valence-electron chi connectivity index (χ4n) is 0.564. The first-order valence-corrected chi connectivity index (χ1v) is 6.12. The molecule has 0 fully saturated rings. The van der Waals surface area contributed by atoms with E-state index in [1.54, 1.807) is 18.2 Å². The molecular formula is C6H5F2Sn+. The van der Waals surface area contributed by atoms with Crippen molar-refractivity contribution in [3.63, 3.8) is 0 Å². The molecule has 0 saturated carbocycles. The van der Waals surface area contributed by atoms with Crippen LogP contribution in [0.2, 0.25) is 0 Å². The first-order chi connectivity index (χ1) is 4.30. The van der Waals surface area contributed by atoms with Gasteiger partial charge in [0.25, 0.3) is 0 Å². The summed E-state index contributed by atoms with van der Waals surface area (Å²) in [5.41, 5.74) is 0. The molecule has 0 unspecified atom stereocenters. The average Bonchev–Trinajstić information content (AvgIpc) is 1.90. The Labute approximate surface area is 60.8 Å². The van der Waals surface area contributed by atoms with Gasteiger partial charge < -0.3 is 0 Å². The van der Waals surface area contributed by atoms with Crippen LogP contribution in [-0.4, -0.2) is 20.9 Å². The second-order valence-electron chi connectivity index (χ2n) is 1.63. The summed E-state index contributed by atoms with van der Waals surface area (Å²) >= 11 is -4.02. The van der Waals surface area contributed by atoms with Crippen molar-refractivity contribution in [2.45, 2.75) is 0 Å². The summed E-state index contributed by atoms with van der Waals surface area (Å²) in [5.74, 6) is 0. The molecule has 0 saturated heterocycles. The summed E-state index contributed by atoms with van der Waals surface area (Å²) in [4.78, 5) is 0. The zero-order chi connectivity index (χ0) is 6.69. The van der Waals surface area contributed by atoms with Gasteiger partial charge in [-0.05, 0) is 0 Å². The zero-order valence-corrected chi connectivity index (χ0v) is 7.50. The van der Waals surface area contributed by atoms with Gasteiger partial charge in [-0.2, -0.15) is 0 Å². The summed E-state index contributed by atoms with van der Waals surface area (Å²) in [5, 5.41) is 0. The van der Waals surface area contributed by atoms with E-state index in [2.05, 4.69) is 0 Å². The SMILES string of the molecule is [F][Sn+]([F])[c]1ccccc1. The summed E-state index contributed by atoms with van der Waals surface area (Å²) in [6.45, 7) is 0. The van der Waals surface area contributed by atoms with Gasteiger partial charge >= 0.3 is 60.5 Å². The van der Waals surface area contributed by atoms with Crippen molar-refractivity contribution in [2.24, 2.45) is 0 Å². The number of hydrogen-bond acceptors (Lipinski definition) is 0. The number of hydrogen-bond donors (Lipinski definition) is 0. The molecule has 0 radical (unpaired) electrons. The Morgan fingerprint density at radius 1 is 1.00 bits per heavy atom. The van der Waals surface area contributed by atoms with Gasteiger partial charge in [-0.3, -0.25) is 0 Å². The molecule has 0 heterocycles. The van der Waals surface area contributed by atoms with Crippen LogP contribution in [0, 0.1) is 0 Å². The van der Waals surface area contributed by atoms with Crippen molar-refractivity contribution in [1.29, 1.82) is 0 Å². The summed E-state index contributed by atoms with van der Waals surface area (Å²) < 4.78 is 24.2. The molecular weight excluding hydrogens is 229 g/mol. The van der Waals surface area contributed by atoms with Crippen LogP contribution in [0.3, 0.4) is 0 Å². The first-order valence-electron chi connectivity index (χ1n) is 2.54. The molecule has 0 spiro atoms. The van der Waals surface area contributed by atoms with E-state index in [0.29, 0.717) is 0 Å². The number of benzene rings is 1. The van der Waals surface area contributed by atoms with Gasteiger partial charge in [-0.25, -0.2) is 0 Å². The molecule has 0 amide bonds. The van der Waals surface area contributed by atoms with Crippen molar-refractivity contribution in [3.05, 3.63) is 30.3 Å². The Bertz CT molecular complexity index is 174. The Balaban J connectivity index is 2.85. The van der Waals surface area contributed by atoms with Gasteiger partial charge in [0.2, 0.25) is 0 Å². The third kappa shape index (κ3) is 1.93. The van der Waals surface area contributed by atoms with E-state index >= 15 is 0 Å². The van der Waals surface area contributed by atoms with Gasteiger partial charge in [-0.15, -0.1) is 0 Å². The quantitative estimate of drug-likeness (QED) is 0.642. The topological polar surface area (TPSA) is 0 Å². The third-order valence-electron chi connectivity index (χ3n) is 0.992. The second kappa shape index (κ2) is 3.15. The summed E-state index contributed by atoms with van der Waals surface area (Å²) in [6, 6.07) is 8.03. The maximum absolute atomic E-state index is 12.0. The monoisotopic (exact) mass is 235 g/mol. The molecule has 0 aliphatic carbocycles. The van der Waals surface area contributed by atoms with Crippen molar-refractivity contribution in [1.82, 2.24) is 0 Å². The normalized spacial score (nSPS) is 9.11. The summed E-state index contributed by atoms with van der Waals surface area (Å²) in [7, 11) is 0. The number of halogens is 2. The van der Waals surface area contributed by atoms with Gasteiger partial charge in [0, 0.05) is 0 Å². The Morgan fingerprint density at radius 3 is 1.89 bits per heavy atom. The van der Waals surface area contributed by atoms with E-state index in [9.17, 15) is 5.73 Å². The third-order valence-corrected chi connectivity index (χ3v) is 3.19. The fourth-order valence-corrected chi connectivity index (χ4v) is 1.83. The molecule has 0 aromatic heterocycles. The van der Waals surface area contributed by atoms with Crippen molar-refractivity contribution < 1.29 is 5.73 Å². The van der Waals surface area contributed by atoms with Crippen molar-refractivity contribution in [2.75, 3.05) is 0 Å². The Morgan fingerprint density at radius 2 is 1.56 bits per heavy atom. The van der Waals surface area contributed by atoms with Gasteiger partial charge in [0.05, 0.1) is 0 Å². The van der Waals surface area contributed by atoms with Crippen molar-refractivity contribution in [3.8, 4) is 0 Å². The molecule has 1 rings (SSSR count). The first kappa shape index (κ1) is 6.99. The van der Waals surface area contributed by atoms with E-state index in [1.807, 2.05) is 0 Å². The van der Waals surface area contributed by atoms with E-state index in [4.69, 9.17) is 0 Å². The molecule has 0 nitrogen and oxygen atoms in total. The van der Waals surface area contributed by atoms with E-state index < -0.39 is 20.9 Å². The van der Waals surface area contributed by atoms with Crippen LogP contribution in [0.15, 0.2) is 30.3 Å². The molecule has 1 aromatic carbocycles. The van der Waals surface area contributed by atoms with Gasteiger partial charge in [0.15, 0.2) is 0 Å². The molecule has 1 aromatic rings. The molecule has 0 atom stereocenters. The standard InChI is InChI=1S/C6H5.2FH.Sn/c1-2-4-6-5-3-1;;;/h1-5H;2*1H;/q;;;+3/p-2. The number of rotatable bonds is 1. The van der Waals surface area contributed by atoms with E-state index in [0.717, 1.165) is 0 Å². The zero-order valence-electron chi connectivity index (χ0n) is 4.64. The minimum atomic E-state index is -4.02. The summed E-state index contributed by atoms with van der Waals surface area (Å²) in [6.07, 6.45) is 0. The molecule has 3 heteroatoms. The fraction of sp³-hybridized carbons (Fsp3) is 0. The maximum atomic E-state index is 12.0. The second-order valence-corrected chi connectivity index (χ2v) is 4.76. The Hall–Kier alpha value is -0.121.